The molecule has 1 aliphatic rings. The van der Waals surface area contributed by atoms with Crippen molar-refractivity contribution in [1.29, 1.82) is 0 Å². The highest BCUT2D eigenvalue weighted by Crippen LogP contribution is 2.46. The summed E-state index contributed by atoms with van der Waals surface area (Å²) in [6.45, 7) is 4.37. The average Bonchev–Trinajstić information content (AvgIpc) is 2.66. The molecule has 162 valence electrons. The molecule has 4 heteroatoms. The van der Waals surface area contributed by atoms with E-state index in [9.17, 15) is 19.8 Å². The summed E-state index contributed by atoms with van der Waals surface area (Å²) in [7, 11) is 0. The molecule has 28 heavy (non-hydrogen) atoms. The fourth-order valence-corrected chi connectivity index (χ4v) is 4.75. The predicted molar refractivity (Wildman–Crippen MR) is 114 cm³/mol. The standard InChI is InChI=1S/C24H42O4/c1-3-5-7-9-11-13-16-20-17-15-19-24(23(27)28,21(20)22(25)26)18-14-12-10-8-6-4-2/h15,19-21H,3-14,16-18H2,1-2H3,(H,25,26)(H,27,28). The Kier molecular flexibility index (Phi) is 12.2. The van der Waals surface area contributed by atoms with E-state index in [0.29, 0.717) is 12.8 Å². The summed E-state index contributed by atoms with van der Waals surface area (Å²) in [6, 6.07) is 0. The molecule has 0 aromatic heterocycles. The molecule has 2 N–H and O–H groups in total. The Hall–Kier alpha value is -1.32. The van der Waals surface area contributed by atoms with Crippen molar-refractivity contribution in [1.82, 2.24) is 0 Å². The maximum atomic E-state index is 12.2. The molecule has 0 aliphatic heterocycles. The molecule has 1 aliphatic carbocycles. The van der Waals surface area contributed by atoms with Gasteiger partial charge in [-0.15, -0.1) is 0 Å². The third-order valence-electron chi connectivity index (χ3n) is 6.42. The summed E-state index contributed by atoms with van der Waals surface area (Å²) in [6.07, 6.45) is 19.0. The number of hydrogen-bond donors (Lipinski definition) is 2. The van der Waals surface area contributed by atoms with Gasteiger partial charge < -0.3 is 10.2 Å². The van der Waals surface area contributed by atoms with E-state index in [0.717, 1.165) is 38.5 Å². The van der Waals surface area contributed by atoms with Crippen molar-refractivity contribution < 1.29 is 19.8 Å². The molecule has 0 radical (unpaired) electrons. The molecule has 0 aromatic carbocycles. The molecule has 0 aromatic rings. The van der Waals surface area contributed by atoms with E-state index in [1.165, 1.54) is 44.9 Å². The lowest BCUT2D eigenvalue weighted by atomic mass is 9.61. The maximum absolute atomic E-state index is 12.2. The minimum Gasteiger partial charge on any atom is -0.481 e. The molecule has 0 amide bonds. The minimum atomic E-state index is -1.23. The SMILES string of the molecule is CCCCCCCCC1CC=CC(CCCCCCCC)(C(=O)O)C1C(=O)O. The molecule has 0 saturated heterocycles. The first-order valence-electron chi connectivity index (χ1n) is 11.6. The normalized spacial score (nSPS) is 24.4. The highest BCUT2D eigenvalue weighted by Gasteiger charge is 2.51. The first-order valence-corrected chi connectivity index (χ1v) is 11.6. The van der Waals surface area contributed by atoms with Gasteiger partial charge in [-0.05, 0) is 25.2 Å². The topological polar surface area (TPSA) is 74.6 Å². The molecular weight excluding hydrogens is 352 g/mol. The van der Waals surface area contributed by atoms with Crippen molar-refractivity contribution in [3.8, 4) is 0 Å². The molecule has 3 unspecified atom stereocenters. The number of hydrogen-bond acceptors (Lipinski definition) is 2. The van der Waals surface area contributed by atoms with Gasteiger partial charge in [0.15, 0.2) is 0 Å². The number of aliphatic carboxylic acids is 2. The van der Waals surface area contributed by atoms with Gasteiger partial charge >= 0.3 is 11.9 Å². The Morgan fingerprint density at radius 3 is 1.93 bits per heavy atom. The molecule has 0 heterocycles. The van der Waals surface area contributed by atoms with Crippen molar-refractivity contribution in [3.63, 3.8) is 0 Å². The lowest BCUT2D eigenvalue weighted by molar-refractivity contribution is -0.163. The van der Waals surface area contributed by atoms with E-state index < -0.39 is 23.3 Å². The molecule has 0 fully saturated rings. The van der Waals surface area contributed by atoms with E-state index in [1.54, 1.807) is 6.08 Å². The number of rotatable bonds is 16. The minimum absolute atomic E-state index is 0.0649. The molecule has 0 saturated carbocycles. The first kappa shape index (κ1) is 24.7. The van der Waals surface area contributed by atoms with E-state index in [1.807, 2.05) is 6.08 Å². The lowest BCUT2D eigenvalue weighted by Crippen LogP contribution is -2.47. The van der Waals surface area contributed by atoms with E-state index in [4.69, 9.17) is 0 Å². The van der Waals surface area contributed by atoms with Crippen LogP contribution < -0.4 is 0 Å². The Balaban J connectivity index is 2.70. The molecule has 1 rings (SSSR count). The van der Waals surface area contributed by atoms with Crippen molar-refractivity contribution in [3.05, 3.63) is 12.2 Å². The lowest BCUT2D eigenvalue weighted by Gasteiger charge is -2.40. The predicted octanol–water partition coefficient (Wildman–Crippen LogP) is 6.84. The van der Waals surface area contributed by atoms with Crippen LogP contribution in [0.4, 0.5) is 0 Å². The largest absolute Gasteiger partial charge is 0.481 e. The van der Waals surface area contributed by atoms with Crippen LogP contribution in [0.3, 0.4) is 0 Å². The first-order chi connectivity index (χ1) is 13.5. The van der Waals surface area contributed by atoms with Crippen molar-refractivity contribution >= 4 is 11.9 Å². The summed E-state index contributed by atoms with van der Waals surface area (Å²) in [5.41, 5.74) is -1.23. The van der Waals surface area contributed by atoms with Crippen LogP contribution in [0.25, 0.3) is 0 Å². The highest BCUT2D eigenvalue weighted by atomic mass is 16.4. The van der Waals surface area contributed by atoms with Gasteiger partial charge in [-0.25, -0.2) is 0 Å². The Morgan fingerprint density at radius 1 is 0.857 bits per heavy atom. The Bertz CT molecular complexity index is 485. The van der Waals surface area contributed by atoms with Crippen LogP contribution in [0.5, 0.6) is 0 Å². The molecular formula is C24H42O4. The zero-order chi connectivity index (χ0) is 20.8. The summed E-state index contributed by atoms with van der Waals surface area (Å²) in [5.74, 6) is -2.77. The monoisotopic (exact) mass is 394 g/mol. The second-order valence-corrected chi connectivity index (χ2v) is 8.63. The summed E-state index contributed by atoms with van der Waals surface area (Å²) < 4.78 is 0. The van der Waals surface area contributed by atoms with Crippen LogP contribution in [0.2, 0.25) is 0 Å². The average molecular weight is 395 g/mol. The van der Waals surface area contributed by atoms with Gasteiger partial charge in [0.1, 0.15) is 0 Å². The fraction of sp³-hybridized carbons (Fsp3) is 0.833. The van der Waals surface area contributed by atoms with Gasteiger partial charge in [0, 0.05) is 0 Å². The smallest absolute Gasteiger partial charge is 0.314 e. The zero-order valence-electron chi connectivity index (χ0n) is 18.1. The second-order valence-electron chi connectivity index (χ2n) is 8.63. The van der Waals surface area contributed by atoms with Gasteiger partial charge in [-0.1, -0.05) is 103 Å². The van der Waals surface area contributed by atoms with Crippen LogP contribution >= 0.6 is 0 Å². The molecule has 0 spiro atoms. The van der Waals surface area contributed by atoms with Crippen LogP contribution in [0.1, 0.15) is 110 Å². The number of carboxylic acids is 2. The Morgan fingerprint density at radius 2 is 1.39 bits per heavy atom. The highest BCUT2D eigenvalue weighted by molar-refractivity contribution is 5.86. The van der Waals surface area contributed by atoms with E-state index >= 15 is 0 Å². The second kappa shape index (κ2) is 13.8. The van der Waals surface area contributed by atoms with Crippen LogP contribution in [-0.4, -0.2) is 22.2 Å². The van der Waals surface area contributed by atoms with E-state index in [2.05, 4.69) is 13.8 Å². The zero-order valence-corrected chi connectivity index (χ0v) is 18.1. The van der Waals surface area contributed by atoms with Crippen LogP contribution in [0, 0.1) is 17.3 Å². The fourth-order valence-electron chi connectivity index (χ4n) is 4.75. The van der Waals surface area contributed by atoms with Crippen LogP contribution in [0.15, 0.2) is 12.2 Å². The number of carboxylic acid groups (broad SMARTS) is 2. The van der Waals surface area contributed by atoms with Gasteiger partial charge in [-0.2, -0.15) is 0 Å². The van der Waals surface area contributed by atoms with Crippen molar-refractivity contribution in [2.75, 3.05) is 0 Å². The number of allylic oxidation sites excluding steroid dienone is 1. The third kappa shape index (κ3) is 7.60. The third-order valence-corrected chi connectivity index (χ3v) is 6.42. The van der Waals surface area contributed by atoms with Gasteiger partial charge in [-0.3, -0.25) is 9.59 Å². The number of unbranched alkanes of at least 4 members (excludes halogenated alkanes) is 10. The summed E-state index contributed by atoms with van der Waals surface area (Å²) in [5, 5.41) is 20.0. The van der Waals surface area contributed by atoms with Crippen molar-refractivity contribution in [2.45, 2.75) is 110 Å². The molecule has 4 nitrogen and oxygen atoms in total. The van der Waals surface area contributed by atoms with Crippen molar-refractivity contribution in [2.24, 2.45) is 17.3 Å². The van der Waals surface area contributed by atoms with E-state index in [-0.39, 0.29) is 5.92 Å². The Labute approximate surface area is 171 Å². The maximum Gasteiger partial charge on any atom is 0.314 e. The molecule has 3 atom stereocenters. The van der Waals surface area contributed by atoms with Gasteiger partial charge in [0.2, 0.25) is 0 Å². The van der Waals surface area contributed by atoms with Crippen LogP contribution in [-0.2, 0) is 9.59 Å². The molecule has 0 bridgehead atoms. The van der Waals surface area contributed by atoms with Gasteiger partial charge in [0.25, 0.3) is 0 Å². The quantitative estimate of drug-likeness (QED) is 0.222. The number of carbonyl (C=O) groups is 2. The summed E-state index contributed by atoms with van der Waals surface area (Å²) in [4.78, 5) is 24.4. The van der Waals surface area contributed by atoms with Gasteiger partial charge in [0.05, 0.1) is 11.3 Å². The summed E-state index contributed by atoms with van der Waals surface area (Å²) >= 11 is 0.